The third kappa shape index (κ3) is 8.74. The summed E-state index contributed by atoms with van der Waals surface area (Å²) in [5.74, 6) is -0.373. The molecule has 106 valence electrons. The predicted molar refractivity (Wildman–Crippen MR) is 63.4 cm³/mol. The Balaban J connectivity index is 3.49. The zero-order chi connectivity index (χ0) is 14.0. The molecular formula is C11H21NO6. The maximum atomic E-state index is 11.1. The van der Waals surface area contributed by atoms with Crippen LogP contribution in [0.5, 0.6) is 0 Å². The van der Waals surface area contributed by atoms with Crippen LogP contribution in [0.3, 0.4) is 0 Å². The molecule has 0 saturated heterocycles. The summed E-state index contributed by atoms with van der Waals surface area (Å²) >= 11 is 0. The lowest BCUT2D eigenvalue weighted by Crippen LogP contribution is -2.22. The largest absolute Gasteiger partial charge is 0.465 e. The van der Waals surface area contributed by atoms with Crippen LogP contribution in [-0.4, -0.2) is 37.0 Å². The van der Waals surface area contributed by atoms with Gasteiger partial charge < -0.3 is 14.3 Å². The predicted octanol–water partition coefficient (Wildman–Crippen LogP) is 1.58. The fraction of sp³-hybridized carbons (Fsp3) is 0.909. The molecule has 0 aliphatic heterocycles. The van der Waals surface area contributed by atoms with Crippen LogP contribution in [0, 0.1) is 16.0 Å². The molecule has 0 fully saturated rings. The highest BCUT2D eigenvalue weighted by Crippen LogP contribution is 2.00. The van der Waals surface area contributed by atoms with Gasteiger partial charge in [-0.2, -0.15) is 0 Å². The summed E-state index contributed by atoms with van der Waals surface area (Å²) < 4.78 is 10.2. The number of rotatable bonds is 10. The van der Waals surface area contributed by atoms with Crippen LogP contribution in [0.4, 0.5) is 0 Å². The average molecular weight is 263 g/mol. The van der Waals surface area contributed by atoms with E-state index in [4.69, 9.17) is 9.47 Å². The van der Waals surface area contributed by atoms with Crippen molar-refractivity contribution in [3.8, 4) is 0 Å². The van der Waals surface area contributed by atoms with Crippen LogP contribution >= 0.6 is 0 Å². The Labute approximate surface area is 106 Å². The molecule has 0 aliphatic rings. The third-order valence-electron chi connectivity index (χ3n) is 2.14. The Bertz CT molecular complexity index is 256. The van der Waals surface area contributed by atoms with Crippen molar-refractivity contribution in [3.63, 3.8) is 0 Å². The molecule has 1 atom stereocenters. The van der Waals surface area contributed by atoms with Gasteiger partial charge in [-0.3, -0.25) is 4.79 Å². The number of nitrogens with zero attached hydrogens (tertiary/aromatic N) is 1. The Hall–Kier alpha value is -1.37. The zero-order valence-electron chi connectivity index (χ0n) is 11.1. The van der Waals surface area contributed by atoms with Crippen molar-refractivity contribution in [2.75, 3.05) is 19.8 Å². The topological polar surface area (TPSA) is 87.9 Å². The standard InChI is InChI=1S/C11H21NO6/c1-4-10(18-12(14)15)8-16-6-5-7-17-11(13)9(2)3/h9-10H,4-8H2,1-3H3/t10-/m0/s1. The number of esters is 1. The zero-order valence-corrected chi connectivity index (χ0v) is 11.1. The lowest BCUT2D eigenvalue weighted by Gasteiger charge is -2.13. The second-order valence-electron chi connectivity index (χ2n) is 4.11. The first-order valence-electron chi connectivity index (χ1n) is 6.02. The van der Waals surface area contributed by atoms with Crippen molar-refractivity contribution in [1.29, 1.82) is 0 Å². The van der Waals surface area contributed by atoms with Gasteiger partial charge in [-0.05, 0) is 6.42 Å². The summed E-state index contributed by atoms with van der Waals surface area (Å²) in [6.45, 7) is 6.14. The van der Waals surface area contributed by atoms with E-state index in [-0.39, 0.29) is 18.5 Å². The van der Waals surface area contributed by atoms with Gasteiger partial charge in [0.05, 0.1) is 19.1 Å². The normalized spacial score (nSPS) is 12.2. The van der Waals surface area contributed by atoms with Crippen molar-refractivity contribution in [3.05, 3.63) is 10.1 Å². The first-order valence-corrected chi connectivity index (χ1v) is 6.02. The van der Waals surface area contributed by atoms with E-state index in [1.54, 1.807) is 20.8 Å². The summed E-state index contributed by atoms with van der Waals surface area (Å²) in [7, 11) is 0. The summed E-state index contributed by atoms with van der Waals surface area (Å²) in [5.41, 5.74) is 0. The average Bonchev–Trinajstić information content (AvgIpc) is 2.30. The summed E-state index contributed by atoms with van der Waals surface area (Å²) in [5, 5.41) is 9.30. The fourth-order valence-corrected chi connectivity index (χ4v) is 1.06. The quantitative estimate of drug-likeness (QED) is 0.257. The molecule has 0 aliphatic carbocycles. The second kappa shape index (κ2) is 9.64. The molecular weight excluding hydrogens is 242 g/mol. The van der Waals surface area contributed by atoms with Gasteiger partial charge in [0.15, 0.2) is 0 Å². The molecule has 0 rings (SSSR count). The smallest absolute Gasteiger partial charge is 0.308 e. The van der Waals surface area contributed by atoms with Crippen molar-refractivity contribution >= 4 is 5.97 Å². The van der Waals surface area contributed by atoms with Gasteiger partial charge in [-0.25, -0.2) is 0 Å². The first kappa shape index (κ1) is 16.6. The highest BCUT2D eigenvalue weighted by molar-refractivity contribution is 5.71. The Morgan fingerprint density at radius 3 is 2.50 bits per heavy atom. The highest BCUT2D eigenvalue weighted by Gasteiger charge is 2.11. The maximum Gasteiger partial charge on any atom is 0.308 e. The maximum absolute atomic E-state index is 11.1. The molecule has 0 amide bonds. The molecule has 0 saturated carbocycles. The number of carbonyl (C=O) groups excluding carboxylic acids is 1. The Kier molecular flexibility index (Phi) is 8.91. The number of hydrogen-bond donors (Lipinski definition) is 0. The number of hydrogen-bond acceptors (Lipinski definition) is 6. The second-order valence-corrected chi connectivity index (χ2v) is 4.11. The van der Waals surface area contributed by atoms with Gasteiger partial charge in [0.1, 0.15) is 6.10 Å². The minimum Gasteiger partial charge on any atom is -0.465 e. The van der Waals surface area contributed by atoms with E-state index in [0.29, 0.717) is 26.1 Å². The van der Waals surface area contributed by atoms with E-state index in [1.807, 2.05) is 0 Å². The van der Waals surface area contributed by atoms with E-state index < -0.39 is 11.2 Å². The van der Waals surface area contributed by atoms with Crippen molar-refractivity contribution < 1.29 is 24.2 Å². The molecule has 0 N–H and O–H groups in total. The minimum atomic E-state index is -0.818. The molecule has 0 unspecified atom stereocenters. The molecule has 0 radical (unpaired) electrons. The van der Waals surface area contributed by atoms with Gasteiger partial charge in [0.2, 0.25) is 0 Å². The van der Waals surface area contributed by atoms with Crippen molar-refractivity contribution in [2.45, 2.75) is 39.7 Å². The van der Waals surface area contributed by atoms with Crippen LogP contribution < -0.4 is 0 Å². The molecule has 0 spiro atoms. The van der Waals surface area contributed by atoms with Crippen LogP contribution in [0.1, 0.15) is 33.6 Å². The van der Waals surface area contributed by atoms with Gasteiger partial charge in [0.25, 0.3) is 5.09 Å². The fourth-order valence-electron chi connectivity index (χ4n) is 1.06. The molecule has 7 heteroatoms. The van der Waals surface area contributed by atoms with Gasteiger partial charge in [-0.1, -0.05) is 20.8 Å². The Morgan fingerprint density at radius 1 is 1.33 bits per heavy atom. The summed E-state index contributed by atoms with van der Waals surface area (Å²) in [4.78, 5) is 25.6. The van der Waals surface area contributed by atoms with Crippen molar-refractivity contribution in [2.24, 2.45) is 5.92 Å². The molecule has 0 aromatic carbocycles. The van der Waals surface area contributed by atoms with Crippen molar-refractivity contribution in [1.82, 2.24) is 0 Å². The van der Waals surface area contributed by atoms with Crippen LogP contribution in [0.15, 0.2) is 0 Å². The van der Waals surface area contributed by atoms with Gasteiger partial charge in [0, 0.05) is 13.0 Å². The summed E-state index contributed by atoms with van der Waals surface area (Å²) in [6, 6.07) is 0. The van der Waals surface area contributed by atoms with Crippen LogP contribution in [0.25, 0.3) is 0 Å². The lowest BCUT2D eigenvalue weighted by molar-refractivity contribution is -0.769. The van der Waals surface area contributed by atoms with E-state index in [1.165, 1.54) is 0 Å². The monoisotopic (exact) mass is 263 g/mol. The molecule has 7 nitrogen and oxygen atoms in total. The molecule has 0 bridgehead atoms. The van der Waals surface area contributed by atoms with Crippen LogP contribution in [-0.2, 0) is 19.1 Å². The molecule has 0 aromatic rings. The Morgan fingerprint density at radius 2 is 2.00 bits per heavy atom. The number of ether oxygens (including phenoxy) is 2. The molecule has 0 heterocycles. The summed E-state index contributed by atoms with van der Waals surface area (Å²) in [6.07, 6.45) is 0.523. The lowest BCUT2D eigenvalue weighted by atomic mass is 10.2. The van der Waals surface area contributed by atoms with E-state index in [9.17, 15) is 14.9 Å². The van der Waals surface area contributed by atoms with Crippen LogP contribution in [0.2, 0.25) is 0 Å². The minimum absolute atomic E-state index is 0.135. The first-order chi connectivity index (χ1) is 8.47. The molecule has 0 aromatic heterocycles. The van der Waals surface area contributed by atoms with E-state index in [0.717, 1.165) is 0 Å². The van der Waals surface area contributed by atoms with E-state index >= 15 is 0 Å². The molecule has 18 heavy (non-hydrogen) atoms. The third-order valence-corrected chi connectivity index (χ3v) is 2.14. The highest BCUT2D eigenvalue weighted by atomic mass is 17.0. The number of carbonyl (C=O) groups is 1. The van der Waals surface area contributed by atoms with E-state index in [2.05, 4.69) is 4.84 Å². The SMILES string of the molecule is CC[C@@H](COCCCOC(=O)C(C)C)O[N+](=O)[O-]. The van der Waals surface area contributed by atoms with Gasteiger partial charge >= 0.3 is 5.97 Å². The van der Waals surface area contributed by atoms with Gasteiger partial charge in [-0.15, -0.1) is 10.1 Å².